The topological polar surface area (TPSA) is 43.9 Å². The molecule has 1 radical (unpaired) electrons. The van der Waals surface area contributed by atoms with E-state index in [1.165, 1.54) is 43.9 Å². The fourth-order valence-electron chi connectivity index (χ4n) is 8.25. The summed E-state index contributed by atoms with van der Waals surface area (Å²) in [6.45, 7) is 16.2. The Morgan fingerprint density at radius 1 is 0.623 bits per heavy atom. The zero-order valence-electron chi connectivity index (χ0n) is 35.7. The number of fused-ring (bicyclic) bond motifs is 6. The van der Waals surface area contributed by atoms with Crippen LogP contribution in [0, 0.1) is 12.1 Å². The number of benzene rings is 7. The summed E-state index contributed by atoms with van der Waals surface area (Å²) in [5.74, 6) is 1.40. The Morgan fingerprint density at radius 3 is 1.98 bits per heavy atom. The van der Waals surface area contributed by atoms with Gasteiger partial charge in [0.25, 0.3) is 0 Å². The molecule has 0 atom stereocenters. The van der Waals surface area contributed by atoms with Gasteiger partial charge in [-0.05, 0) is 74.6 Å². The van der Waals surface area contributed by atoms with Crippen LogP contribution in [0.3, 0.4) is 0 Å². The van der Waals surface area contributed by atoms with Crippen molar-refractivity contribution in [3.8, 4) is 39.5 Å². The molecule has 0 bridgehead atoms. The minimum Gasteiger partial charge on any atom is -0.501 e. The molecule has 0 saturated carbocycles. The normalized spacial score (nSPS) is 11.7. The minimum atomic E-state index is -1.23. The zero-order chi connectivity index (χ0) is 41.5. The molecule has 61 heavy (non-hydrogen) atoms. The predicted octanol–water partition coefficient (Wildman–Crippen LogP) is 14.6. The maximum atomic E-state index is 6.56. The first-order valence-electron chi connectivity index (χ1n) is 21.0. The largest absolute Gasteiger partial charge is 0.501 e. The summed E-state index contributed by atoms with van der Waals surface area (Å²) in [6, 6.07) is 59.8. The molecule has 0 aliphatic heterocycles. The molecule has 3 heterocycles. The smallest absolute Gasteiger partial charge is 0.120 e. The Morgan fingerprint density at radius 2 is 1.31 bits per heavy atom. The van der Waals surface area contributed by atoms with E-state index in [4.69, 9.17) is 9.40 Å². The molecule has 0 aliphatic carbocycles. The van der Waals surface area contributed by atoms with Crippen molar-refractivity contribution in [2.24, 2.45) is 0 Å². The van der Waals surface area contributed by atoms with E-state index in [0.29, 0.717) is 0 Å². The number of hydrogen-bond donors (Lipinski definition) is 0. The summed E-state index contributed by atoms with van der Waals surface area (Å²) in [5.41, 5.74) is 12.9. The van der Waals surface area contributed by atoms with Crippen molar-refractivity contribution in [3.05, 3.63) is 181 Å². The molecule has 10 rings (SSSR count). The van der Waals surface area contributed by atoms with Crippen LogP contribution in [0.25, 0.3) is 83.2 Å². The second kappa shape index (κ2) is 17.2. The molecule has 6 heteroatoms. The number of hydrogen-bond acceptors (Lipinski definition) is 3. The molecule has 0 amide bonds. The zero-order valence-corrected chi connectivity index (χ0v) is 39.1. The number of pyridine rings is 1. The molecular weight excluding hydrogens is 939 g/mol. The van der Waals surface area contributed by atoms with Crippen molar-refractivity contribution in [2.75, 3.05) is 0 Å². The fourth-order valence-corrected chi connectivity index (χ4v) is 9.28. The van der Waals surface area contributed by atoms with Crippen molar-refractivity contribution in [1.29, 1.82) is 0 Å². The van der Waals surface area contributed by atoms with E-state index in [0.717, 1.165) is 55.6 Å². The van der Waals surface area contributed by atoms with Crippen molar-refractivity contribution in [1.82, 2.24) is 14.5 Å². The van der Waals surface area contributed by atoms with Gasteiger partial charge in [-0.3, -0.25) is 4.98 Å². The third-order valence-corrected chi connectivity index (χ3v) is 13.5. The molecule has 0 aliphatic rings. The van der Waals surface area contributed by atoms with Crippen LogP contribution in [0.4, 0.5) is 0 Å². The van der Waals surface area contributed by atoms with Crippen LogP contribution in [-0.2, 0) is 20.1 Å². The van der Waals surface area contributed by atoms with E-state index in [9.17, 15) is 0 Å². The molecule has 4 nitrogen and oxygen atoms in total. The SMILES string of the molecule is CC(C)c1cc(-c2ccccc2)cc(C(C)C)c1-n1c(-c2[c-]ccc3c2oc2ccccc23)nc2ccc3ccccc3c21.C[Si](C)(C)c1ccc(-c2[c-]cccc2)nc1.[Ir]. The van der Waals surface area contributed by atoms with Crippen LogP contribution in [0.1, 0.15) is 50.7 Å². The second-order valence-corrected chi connectivity index (χ2v) is 22.3. The van der Waals surface area contributed by atoms with Crippen LogP contribution in [-0.4, -0.2) is 22.6 Å². The molecule has 10 aromatic rings. The molecule has 0 unspecified atom stereocenters. The standard InChI is InChI=1S/C41H33N2O.C14H16NSi.Ir/c1-25(2)34-23-29(27-13-6-5-7-14-27)24-35(26(3)4)38(34)43-39-30-16-9-8-15-28(30)21-22-36(39)42-41(43)33-19-12-18-32-31-17-10-11-20-37(31)44-40(32)33;1-16(2,3)13-9-10-14(15-11-13)12-7-5-4-6-8-12;/h5-18,20-26H,1-4H3;4-7,9-11H,1-3H3;/q2*-1;. The first-order chi connectivity index (χ1) is 29.1. The van der Waals surface area contributed by atoms with Crippen LogP contribution in [0.2, 0.25) is 19.6 Å². The van der Waals surface area contributed by atoms with Gasteiger partial charge in [-0.25, -0.2) is 0 Å². The summed E-state index contributed by atoms with van der Waals surface area (Å²) in [6.07, 6.45) is 2.02. The molecule has 0 saturated heterocycles. The summed E-state index contributed by atoms with van der Waals surface area (Å²) in [5, 5.41) is 5.94. The third-order valence-electron chi connectivity index (χ3n) is 11.5. The van der Waals surface area contributed by atoms with E-state index in [1.54, 1.807) is 0 Å². The molecule has 305 valence electrons. The summed E-state index contributed by atoms with van der Waals surface area (Å²) < 4.78 is 8.97. The average molecular weight is 988 g/mol. The Bertz CT molecular complexity index is 3090. The van der Waals surface area contributed by atoms with Crippen molar-refractivity contribution in [2.45, 2.75) is 59.2 Å². The van der Waals surface area contributed by atoms with Crippen LogP contribution < -0.4 is 5.19 Å². The van der Waals surface area contributed by atoms with Gasteiger partial charge in [0.1, 0.15) is 5.58 Å². The quantitative estimate of drug-likeness (QED) is 0.118. The van der Waals surface area contributed by atoms with Crippen molar-refractivity contribution < 1.29 is 24.5 Å². The fraction of sp³-hybridized carbons (Fsp3) is 0.164. The monoisotopic (exact) mass is 988 g/mol. The molecule has 3 aromatic heterocycles. The van der Waals surface area contributed by atoms with Gasteiger partial charge < -0.3 is 14.0 Å². The molecule has 7 aromatic carbocycles. The third kappa shape index (κ3) is 8.04. The van der Waals surface area contributed by atoms with Gasteiger partial charge in [0.2, 0.25) is 0 Å². The van der Waals surface area contributed by atoms with Crippen molar-refractivity contribution in [3.63, 3.8) is 0 Å². The summed E-state index contributed by atoms with van der Waals surface area (Å²) in [7, 11) is -1.23. The Balaban J connectivity index is 0.000000255. The number of nitrogens with zero attached hydrogens (tertiary/aromatic N) is 3. The summed E-state index contributed by atoms with van der Waals surface area (Å²) >= 11 is 0. The number of aromatic nitrogens is 3. The maximum absolute atomic E-state index is 6.56. The number of furan rings is 1. The number of imidazole rings is 1. The van der Waals surface area contributed by atoms with Gasteiger partial charge in [0.05, 0.1) is 30.5 Å². The van der Waals surface area contributed by atoms with E-state index in [1.807, 2.05) is 48.7 Å². The van der Waals surface area contributed by atoms with Gasteiger partial charge in [-0.1, -0.05) is 149 Å². The second-order valence-electron chi connectivity index (χ2n) is 17.3. The molecule has 0 fully saturated rings. The summed E-state index contributed by atoms with van der Waals surface area (Å²) in [4.78, 5) is 9.90. The van der Waals surface area contributed by atoms with E-state index in [-0.39, 0.29) is 31.9 Å². The van der Waals surface area contributed by atoms with E-state index >= 15 is 0 Å². The first-order valence-corrected chi connectivity index (χ1v) is 24.5. The predicted molar refractivity (Wildman–Crippen MR) is 255 cm³/mol. The average Bonchev–Trinajstić information content (AvgIpc) is 3.86. The van der Waals surface area contributed by atoms with E-state index in [2.05, 4.69) is 178 Å². The van der Waals surface area contributed by atoms with Crippen molar-refractivity contribution >= 4 is 57.0 Å². The first kappa shape index (κ1) is 41.8. The molecular formula is C55H49IrN3OSi-2. The Labute approximate surface area is 373 Å². The van der Waals surface area contributed by atoms with E-state index < -0.39 is 8.07 Å². The van der Waals surface area contributed by atoms with Crippen LogP contribution >= 0.6 is 0 Å². The van der Waals surface area contributed by atoms with Crippen LogP contribution in [0.5, 0.6) is 0 Å². The van der Waals surface area contributed by atoms with Crippen LogP contribution in [0.15, 0.2) is 162 Å². The number of rotatable bonds is 7. The number of para-hydroxylation sites is 1. The van der Waals surface area contributed by atoms with Gasteiger partial charge in [-0.15, -0.1) is 54.1 Å². The van der Waals surface area contributed by atoms with Gasteiger partial charge >= 0.3 is 0 Å². The Kier molecular flexibility index (Phi) is 11.8. The molecule has 0 spiro atoms. The minimum absolute atomic E-state index is 0. The maximum Gasteiger partial charge on any atom is 0.120 e. The van der Waals surface area contributed by atoms with Gasteiger partial charge in [-0.2, -0.15) is 0 Å². The molecule has 0 N–H and O–H groups in total. The van der Waals surface area contributed by atoms with Gasteiger partial charge in [0.15, 0.2) is 0 Å². The Hall–Kier alpha value is -5.91. The van der Waals surface area contributed by atoms with Gasteiger partial charge in [0, 0.05) is 42.8 Å².